The van der Waals surface area contributed by atoms with E-state index in [-0.39, 0.29) is 6.04 Å². The Bertz CT molecular complexity index is 3370. The van der Waals surface area contributed by atoms with Crippen LogP contribution >= 0.6 is 11.3 Å². The Hall–Kier alpha value is -6.95. The first kappa shape index (κ1) is 30.5. The molecule has 0 bridgehead atoms. The fraction of sp³-hybridized carbons (Fsp3) is 0.0200. The molecule has 55 heavy (non-hydrogen) atoms. The Balaban J connectivity index is 1.06. The summed E-state index contributed by atoms with van der Waals surface area (Å²) in [5.41, 5.74) is 10.8. The smallest absolute Gasteiger partial charge is 0.137 e. The van der Waals surface area contributed by atoms with Crippen LogP contribution in [0, 0.1) is 0 Å². The molecule has 5 heteroatoms. The van der Waals surface area contributed by atoms with Crippen LogP contribution in [-0.4, -0.2) is 10.4 Å². The second kappa shape index (κ2) is 11.8. The summed E-state index contributed by atoms with van der Waals surface area (Å²) in [5, 5.41) is 12.2. The van der Waals surface area contributed by atoms with E-state index >= 15 is 0 Å². The summed E-state index contributed by atoms with van der Waals surface area (Å²) in [4.78, 5) is 6.62. The van der Waals surface area contributed by atoms with E-state index in [0.29, 0.717) is 0 Å². The molecule has 1 unspecified atom stereocenters. The summed E-state index contributed by atoms with van der Waals surface area (Å²) in [6.45, 7) is 0. The molecule has 0 radical (unpaired) electrons. The molecule has 0 aliphatic carbocycles. The van der Waals surface area contributed by atoms with Crippen molar-refractivity contribution in [3.05, 3.63) is 192 Å². The van der Waals surface area contributed by atoms with Crippen molar-refractivity contribution in [3.63, 3.8) is 0 Å². The average molecular weight is 722 g/mol. The van der Waals surface area contributed by atoms with Crippen LogP contribution in [0.15, 0.2) is 185 Å². The number of rotatable bonds is 4. The molecule has 0 fully saturated rings. The number of aromatic nitrogens is 1. The Labute approximate surface area is 320 Å². The van der Waals surface area contributed by atoms with Crippen molar-refractivity contribution in [2.24, 2.45) is 4.99 Å². The Morgan fingerprint density at radius 3 is 2.24 bits per heavy atom. The number of nitrogens with zero attached hydrogens (tertiary/aromatic N) is 2. The van der Waals surface area contributed by atoms with Gasteiger partial charge in [0.2, 0.25) is 0 Å². The topological polar surface area (TPSA) is 42.5 Å². The lowest BCUT2D eigenvalue weighted by molar-refractivity contribution is 0.669. The minimum atomic E-state index is -0.0664. The normalized spacial score (nSPS) is 14.3. The number of nitrogens with one attached hydrogen (secondary N) is 1. The molecule has 1 aliphatic heterocycles. The van der Waals surface area contributed by atoms with Crippen molar-refractivity contribution in [1.29, 1.82) is 0 Å². The zero-order valence-electron chi connectivity index (χ0n) is 29.5. The van der Waals surface area contributed by atoms with E-state index in [0.717, 1.165) is 44.7 Å². The molecular formula is C50H31N3OS. The van der Waals surface area contributed by atoms with E-state index < -0.39 is 0 Å². The summed E-state index contributed by atoms with van der Waals surface area (Å²) in [5.74, 6) is 0.850. The van der Waals surface area contributed by atoms with Crippen LogP contribution in [0.1, 0.15) is 22.0 Å². The van der Waals surface area contributed by atoms with Crippen molar-refractivity contribution in [2.45, 2.75) is 6.04 Å². The predicted octanol–water partition coefficient (Wildman–Crippen LogP) is 13.5. The summed E-state index contributed by atoms with van der Waals surface area (Å²) in [6, 6.07) is 62.9. The first-order valence-electron chi connectivity index (χ1n) is 18.7. The Morgan fingerprint density at radius 1 is 0.527 bits per heavy atom. The lowest BCUT2D eigenvalue weighted by Gasteiger charge is -2.26. The zero-order chi connectivity index (χ0) is 36.0. The maximum Gasteiger partial charge on any atom is 0.137 e. The zero-order valence-corrected chi connectivity index (χ0v) is 30.3. The molecule has 258 valence electrons. The number of thiophene rings is 1. The third-order valence-electron chi connectivity index (χ3n) is 11.2. The molecule has 0 saturated carbocycles. The van der Waals surface area contributed by atoms with Gasteiger partial charge in [0.05, 0.1) is 38.7 Å². The molecule has 0 spiro atoms. The molecule has 1 N–H and O–H groups in total. The lowest BCUT2D eigenvalue weighted by Crippen LogP contribution is -2.32. The van der Waals surface area contributed by atoms with Gasteiger partial charge in [0.15, 0.2) is 0 Å². The number of amidine groups is 1. The number of fused-ring (bicyclic) bond motifs is 11. The number of furan rings is 1. The van der Waals surface area contributed by atoms with Crippen molar-refractivity contribution in [1.82, 2.24) is 9.88 Å². The molecule has 0 saturated heterocycles. The molecule has 12 rings (SSSR count). The van der Waals surface area contributed by atoms with Gasteiger partial charge in [-0.1, -0.05) is 121 Å². The van der Waals surface area contributed by atoms with E-state index in [1.807, 2.05) is 11.3 Å². The highest BCUT2D eigenvalue weighted by molar-refractivity contribution is 7.19. The number of aliphatic imine (C=N–C) groups is 1. The highest BCUT2D eigenvalue weighted by Gasteiger charge is 2.29. The van der Waals surface area contributed by atoms with Gasteiger partial charge in [-0.2, -0.15) is 0 Å². The maximum absolute atomic E-state index is 6.60. The summed E-state index contributed by atoms with van der Waals surface area (Å²) in [6.07, 6.45) is 0. The molecule has 8 aromatic carbocycles. The predicted molar refractivity (Wildman–Crippen MR) is 230 cm³/mol. The Morgan fingerprint density at radius 2 is 1.31 bits per heavy atom. The van der Waals surface area contributed by atoms with Crippen molar-refractivity contribution < 1.29 is 4.42 Å². The number of benzene rings is 8. The van der Waals surface area contributed by atoms with Crippen LogP contribution in [0.3, 0.4) is 0 Å². The van der Waals surface area contributed by atoms with Gasteiger partial charge in [0, 0.05) is 31.8 Å². The quantitative estimate of drug-likeness (QED) is 0.197. The molecular weight excluding hydrogens is 691 g/mol. The molecule has 11 aromatic rings. The van der Waals surface area contributed by atoms with Gasteiger partial charge in [-0.25, -0.2) is 4.99 Å². The highest BCUT2D eigenvalue weighted by Crippen LogP contribution is 2.47. The molecule has 1 atom stereocenters. The van der Waals surface area contributed by atoms with E-state index in [4.69, 9.17) is 9.41 Å². The largest absolute Gasteiger partial charge is 0.456 e. The summed E-state index contributed by atoms with van der Waals surface area (Å²) in [7, 11) is 0. The number of para-hydroxylation sites is 1. The number of hydrogen-bond acceptors (Lipinski definition) is 4. The summed E-state index contributed by atoms with van der Waals surface area (Å²) < 4.78 is 10.3. The van der Waals surface area contributed by atoms with Crippen LogP contribution in [0.4, 0.5) is 5.69 Å². The number of hydrogen-bond donors (Lipinski definition) is 1. The molecule has 0 amide bonds. The second-order valence-electron chi connectivity index (χ2n) is 14.3. The first-order chi connectivity index (χ1) is 27.3. The minimum absolute atomic E-state index is 0.0664. The second-order valence-corrected chi connectivity index (χ2v) is 15.4. The van der Waals surface area contributed by atoms with Crippen LogP contribution in [-0.2, 0) is 0 Å². The minimum Gasteiger partial charge on any atom is -0.456 e. The van der Waals surface area contributed by atoms with Gasteiger partial charge in [0.1, 0.15) is 17.0 Å². The average Bonchev–Trinajstić information content (AvgIpc) is 3.93. The highest BCUT2D eigenvalue weighted by atomic mass is 32.1. The van der Waals surface area contributed by atoms with E-state index in [1.54, 1.807) is 0 Å². The van der Waals surface area contributed by atoms with Crippen LogP contribution in [0.25, 0.3) is 81.4 Å². The maximum atomic E-state index is 6.60. The van der Waals surface area contributed by atoms with Gasteiger partial charge in [-0.15, -0.1) is 11.3 Å². The van der Waals surface area contributed by atoms with E-state index in [9.17, 15) is 0 Å². The van der Waals surface area contributed by atoms with Crippen LogP contribution < -0.4 is 5.32 Å². The fourth-order valence-electron chi connectivity index (χ4n) is 8.76. The van der Waals surface area contributed by atoms with Gasteiger partial charge in [-0.05, 0) is 82.1 Å². The third kappa shape index (κ3) is 4.60. The summed E-state index contributed by atoms with van der Waals surface area (Å²) >= 11 is 1.82. The van der Waals surface area contributed by atoms with E-state index in [2.05, 4.69) is 186 Å². The molecule has 1 aliphatic rings. The first-order valence-corrected chi connectivity index (χ1v) is 19.5. The monoisotopic (exact) mass is 721 g/mol. The van der Waals surface area contributed by atoms with Gasteiger partial charge in [-0.3, -0.25) is 0 Å². The van der Waals surface area contributed by atoms with Gasteiger partial charge in [0.25, 0.3) is 0 Å². The van der Waals surface area contributed by atoms with E-state index in [1.165, 1.54) is 64.2 Å². The Kier molecular flexibility index (Phi) is 6.53. The third-order valence-corrected chi connectivity index (χ3v) is 12.5. The standard InChI is InChI=1S/C50H31N3OS/c1-2-12-30(13-3-1)32-15-10-16-33(28-32)47-49-48(37-19-7-9-23-44(37)55-49)52-50(51-47)34-25-27-42-38(29-34)46-40(21-11-22-43(46)54-42)53-39-20-8-6-18-36(39)45-35-17-5-4-14-31(35)24-26-41(45)53/h1-29,47H,(H,51,52). The molecule has 4 nitrogen and oxygen atoms in total. The van der Waals surface area contributed by atoms with Crippen molar-refractivity contribution in [3.8, 4) is 16.8 Å². The van der Waals surface area contributed by atoms with Crippen molar-refractivity contribution >= 4 is 87.5 Å². The fourth-order valence-corrected chi connectivity index (χ4v) is 9.98. The van der Waals surface area contributed by atoms with Crippen LogP contribution in [0.5, 0.6) is 0 Å². The van der Waals surface area contributed by atoms with Crippen molar-refractivity contribution in [2.75, 3.05) is 0 Å². The molecule has 3 aromatic heterocycles. The molecule has 4 heterocycles. The van der Waals surface area contributed by atoms with Gasteiger partial charge >= 0.3 is 0 Å². The SMILES string of the molecule is c1ccc(-c2cccc(C3NC(c4ccc5oc6cccc(-n7c8ccccc8c8c9ccccc9ccc87)c6c5c4)=Nc4c3sc3ccccc43)c2)cc1. The van der Waals surface area contributed by atoms with Gasteiger partial charge < -0.3 is 14.3 Å². The lowest BCUT2D eigenvalue weighted by atomic mass is 9.96. The van der Waals surface area contributed by atoms with Crippen LogP contribution in [0.2, 0.25) is 0 Å².